The van der Waals surface area contributed by atoms with Crippen LogP contribution in [0, 0.1) is 6.92 Å². The number of furan rings is 1. The summed E-state index contributed by atoms with van der Waals surface area (Å²) >= 11 is 0. The minimum atomic E-state index is -0.455. The molecule has 1 atom stereocenters. The molecule has 1 aromatic heterocycles. The van der Waals surface area contributed by atoms with E-state index in [9.17, 15) is 9.59 Å². The number of hydrogen-bond acceptors (Lipinski definition) is 4. The zero-order valence-corrected chi connectivity index (χ0v) is 13.4. The Morgan fingerprint density at radius 2 is 2.00 bits per heavy atom. The number of carbonyl (C=O) groups is 2. The molecule has 1 aromatic carbocycles. The van der Waals surface area contributed by atoms with Gasteiger partial charge in [-0.1, -0.05) is 12.1 Å². The summed E-state index contributed by atoms with van der Waals surface area (Å²) in [6.07, 6.45) is -0.455. The van der Waals surface area contributed by atoms with Crippen molar-refractivity contribution in [2.24, 2.45) is 0 Å². The summed E-state index contributed by atoms with van der Waals surface area (Å²) < 4.78 is 5.73. The summed E-state index contributed by atoms with van der Waals surface area (Å²) in [7, 11) is 3.32. The molecule has 1 unspecified atom stereocenters. The number of carbonyl (C=O) groups excluding carboxylic acids is 2. The average Bonchev–Trinajstić information content (AvgIpc) is 2.98. The number of para-hydroxylation sites is 1. The second kappa shape index (κ2) is 5.79. The Morgan fingerprint density at radius 3 is 2.65 bits per heavy atom. The maximum atomic E-state index is 12.7. The van der Waals surface area contributed by atoms with Gasteiger partial charge in [0.05, 0.1) is 17.8 Å². The quantitative estimate of drug-likeness (QED) is 0.940. The molecule has 2 aromatic rings. The normalized spacial score (nSPS) is 17.2. The molecule has 0 radical (unpaired) electrons. The van der Waals surface area contributed by atoms with Crippen molar-refractivity contribution in [3.05, 3.63) is 53.5 Å². The number of nitrogens with zero attached hydrogens (tertiary/aromatic N) is 2. The Kier molecular flexibility index (Phi) is 3.82. The molecule has 0 bridgehead atoms. The fourth-order valence-electron chi connectivity index (χ4n) is 2.89. The summed E-state index contributed by atoms with van der Waals surface area (Å²) in [5, 5.41) is 2.63. The molecular formula is C17H19N3O3. The summed E-state index contributed by atoms with van der Waals surface area (Å²) in [5.41, 5.74) is 1.32. The average molecular weight is 313 g/mol. The molecule has 1 N–H and O–H groups in total. The number of nitrogens with one attached hydrogen (secondary N) is 1. The Balaban J connectivity index is 2.12. The summed E-state index contributed by atoms with van der Waals surface area (Å²) in [6, 6.07) is 11.0. The number of aryl methyl sites for hydroxylation is 1. The molecule has 1 aliphatic heterocycles. The third-order valence-electron chi connectivity index (χ3n) is 4.03. The van der Waals surface area contributed by atoms with Crippen molar-refractivity contribution in [1.82, 2.24) is 10.2 Å². The first-order valence-corrected chi connectivity index (χ1v) is 7.42. The molecule has 2 heterocycles. The minimum absolute atomic E-state index is 0.0900. The van der Waals surface area contributed by atoms with Gasteiger partial charge in [0.2, 0.25) is 5.91 Å². The van der Waals surface area contributed by atoms with Crippen LogP contribution in [0.4, 0.5) is 5.69 Å². The maximum absolute atomic E-state index is 12.7. The number of rotatable bonds is 3. The van der Waals surface area contributed by atoms with E-state index in [1.54, 1.807) is 25.1 Å². The standard InChI is InChI=1S/C17H19N3O3/c1-11-8-9-14(23-11)16-19(3)17(22)12-6-4-5-7-13(12)20(16)10-15(21)18-2/h4-9,16H,10H2,1-3H3,(H,18,21). The van der Waals surface area contributed by atoms with E-state index in [0.717, 1.165) is 11.4 Å². The van der Waals surface area contributed by atoms with Crippen LogP contribution >= 0.6 is 0 Å². The van der Waals surface area contributed by atoms with Crippen molar-refractivity contribution >= 4 is 17.5 Å². The molecule has 6 nitrogen and oxygen atoms in total. The van der Waals surface area contributed by atoms with Crippen LogP contribution in [-0.2, 0) is 4.79 Å². The molecule has 2 amide bonds. The van der Waals surface area contributed by atoms with Crippen LogP contribution in [0.2, 0.25) is 0 Å². The van der Waals surface area contributed by atoms with Crippen LogP contribution in [0.15, 0.2) is 40.8 Å². The van der Waals surface area contributed by atoms with E-state index in [4.69, 9.17) is 4.42 Å². The lowest BCUT2D eigenvalue weighted by Crippen LogP contribution is -2.50. The van der Waals surface area contributed by atoms with Crippen LogP contribution in [0.1, 0.15) is 28.0 Å². The SMILES string of the molecule is CNC(=O)CN1c2ccccc2C(=O)N(C)C1c1ccc(C)o1. The number of anilines is 1. The molecule has 3 rings (SSSR count). The van der Waals surface area contributed by atoms with Crippen molar-refractivity contribution in [3.8, 4) is 0 Å². The number of hydrogen-bond donors (Lipinski definition) is 1. The van der Waals surface area contributed by atoms with Crippen molar-refractivity contribution in [2.75, 3.05) is 25.5 Å². The van der Waals surface area contributed by atoms with Crippen LogP contribution in [0.25, 0.3) is 0 Å². The first kappa shape index (κ1) is 15.1. The van der Waals surface area contributed by atoms with Gasteiger partial charge in [0.25, 0.3) is 5.91 Å². The van der Waals surface area contributed by atoms with Crippen LogP contribution < -0.4 is 10.2 Å². The molecule has 23 heavy (non-hydrogen) atoms. The Morgan fingerprint density at radius 1 is 1.26 bits per heavy atom. The van der Waals surface area contributed by atoms with Crippen LogP contribution in [-0.4, -0.2) is 37.4 Å². The van der Waals surface area contributed by atoms with Crippen LogP contribution in [0.5, 0.6) is 0 Å². The smallest absolute Gasteiger partial charge is 0.257 e. The molecule has 1 aliphatic rings. The van der Waals surface area contributed by atoms with E-state index in [1.165, 1.54) is 0 Å². The van der Waals surface area contributed by atoms with Gasteiger partial charge in [-0.15, -0.1) is 0 Å². The molecular weight excluding hydrogens is 294 g/mol. The van der Waals surface area contributed by atoms with Crippen molar-refractivity contribution in [3.63, 3.8) is 0 Å². The number of likely N-dealkylation sites (N-methyl/N-ethyl adjacent to an activating group) is 1. The highest BCUT2D eigenvalue weighted by atomic mass is 16.3. The van der Waals surface area contributed by atoms with Gasteiger partial charge < -0.3 is 19.5 Å². The molecule has 0 saturated carbocycles. The predicted molar refractivity (Wildman–Crippen MR) is 86.1 cm³/mol. The third kappa shape index (κ3) is 2.56. The van der Waals surface area contributed by atoms with Gasteiger partial charge in [-0.05, 0) is 31.2 Å². The monoisotopic (exact) mass is 313 g/mol. The largest absolute Gasteiger partial charge is 0.462 e. The van der Waals surface area contributed by atoms with E-state index in [0.29, 0.717) is 11.3 Å². The first-order chi connectivity index (χ1) is 11.0. The van der Waals surface area contributed by atoms with E-state index in [2.05, 4.69) is 5.32 Å². The van der Waals surface area contributed by atoms with Crippen molar-refractivity contribution in [2.45, 2.75) is 13.1 Å². The molecule has 120 valence electrons. The molecule has 0 fully saturated rings. The van der Waals surface area contributed by atoms with Gasteiger partial charge in [0.15, 0.2) is 6.17 Å². The fraction of sp³-hybridized carbons (Fsp3) is 0.294. The lowest BCUT2D eigenvalue weighted by Gasteiger charge is -2.42. The highest BCUT2D eigenvalue weighted by Crippen LogP contribution is 2.38. The van der Waals surface area contributed by atoms with Gasteiger partial charge in [-0.2, -0.15) is 0 Å². The van der Waals surface area contributed by atoms with Gasteiger partial charge >= 0.3 is 0 Å². The molecule has 0 saturated heterocycles. The van der Waals surface area contributed by atoms with Gasteiger partial charge in [0.1, 0.15) is 11.5 Å². The molecule has 0 spiro atoms. The van der Waals surface area contributed by atoms with E-state index in [1.807, 2.05) is 42.2 Å². The summed E-state index contributed by atoms with van der Waals surface area (Å²) in [4.78, 5) is 28.1. The zero-order chi connectivity index (χ0) is 16.6. The number of benzene rings is 1. The second-order valence-electron chi connectivity index (χ2n) is 5.56. The van der Waals surface area contributed by atoms with Gasteiger partial charge in [-0.3, -0.25) is 9.59 Å². The Labute approximate surface area is 134 Å². The van der Waals surface area contributed by atoms with Crippen molar-refractivity contribution in [1.29, 1.82) is 0 Å². The van der Waals surface area contributed by atoms with Gasteiger partial charge in [0, 0.05) is 14.1 Å². The Hall–Kier alpha value is -2.76. The van der Waals surface area contributed by atoms with Crippen molar-refractivity contribution < 1.29 is 14.0 Å². The van der Waals surface area contributed by atoms with Crippen LogP contribution in [0.3, 0.4) is 0 Å². The summed E-state index contributed by atoms with van der Waals surface area (Å²) in [6.45, 7) is 1.99. The predicted octanol–water partition coefficient (Wildman–Crippen LogP) is 1.92. The third-order valence-corrected chi connectivity index (χ3v) is 4.03. The lowest BCUT2D eigenvalue weighted by molar-refractivity contribution is -0.119. The highest BCUT2D eigenvalue weighted by Gasteiger charge is 2.38. The first-order valence-electron chi connectivity index (χ1n) is 7.42. The van der Waals surface area contributed by atoms with E-state index >= 15 is 0 Å². The van der Waals surface area contributed by atoms with Gasteiger partial charge in [-0.25, -0.2) is 0 Å². The molecule has 6 heteroatoms. The Bertz CT molecular complexity index is 753. The minimum Gasteiger partial charge on any atom is -0.462 e. The fourth-order valence-corrected chi connectivity index (χ4v) is 2.89. The topological polar surface area (TPSA) is 65.8 Å². The van der Waals surface area contributed by atoms with E-state index < -0.39 is 6.17 Å². The summed E-state index contributed by atoms with van der Waals surface area (Å²) in [5.74, 6) is 1.18. The molecule has 0 aliphatic carbocycles. The zero-order valence-electron chi connectivity index (χ0n) is 13.4. The maximum Gasteiger partial charge on any atom is 0.257 e. The second-order valence-corrected chi connectivity index (χ2v) is 5.56. The van der Waals surface area contributed by atoms with E-state index in [-0.39, 0.29) is 18.4 Å². The number of amides is 2. The number of fused-ring (bicyclic) bond motifs is 1. The lowest BCUT2D eigenvalue weighted by atomic mass is 10.0. The highest BCUT2D eigenvalue weighted by molar-refractivity contribution is 6.02.